The Balaban J connectivity index is 1.88. The normalized spacial score (nSPS) is 18.9. The molecule has 1 saturated carbocycles. The van der Waals surface area contributed by atoms with Crippen LogP contribution in [0.5, 0.6) is 0 Å². The molecule has 7 nitrogen and oxygen atoms in total. The van der Waals surface area contributed by atoms with Crippen molar-refractivity contribution in [1.82, 2.24) is 9.47 Å². The molecular formula is C22H25FN4O3. The van der Waals surface area contributed by atoms with E-state index in [4.69, 9.17) is 5.26 Å². The third-order valence-electron chi connectivity index (χ3n) is 6.22. The highest BCUT2D eigenvalue weighted by Crippen LogP contribution is 2.43. The molecule has 1 unspecified atom stereocenters. The first-order valence-electron chi connectivity index (χ1n) is 10.3. The fraction of sp³-hybridized carbons (Fsp3) is 0.500. The van der Waals surface area contributed by atoms with Crippen LogP contribution in [0.15, 0.2) is 16.9 Å². The lowest BCUT2D eigenvalue weighted by Gasteiger charge is -2.29. The first-order valence-corrected chi connectivity index (χ1v) is 10.3. The number of pyridine rings is 1. The van der Waals surface area contributed by atoms with E-state index in [0.29, 0.717) is 43.0 Å². The largest absolute Gasteiger partial charge is 0.477 e. The highest BCUT2D eigenvalue weighted by molar-refractivity contribution is 5.99. The Morgan fingerprint density at radius 3 is 2.73 bits per heavy atom. The maximum atomic E-state index is 14.1. The number of carboxylic acids is 1. The third kappa shape index (κ3) is 3.43. The molecule has 30 heavy (non-hydrogen) atoms. The zero-order chi connectivity index (χ0) is 21.6. The van der Waals surface area contributed by atoms with E-state index >= 15 is 0 Å². The number of hydrogen-bond donors (Lipinski definition) is 1. The predicted octanol–water partition coefficient (Wildman–Crippen LogP) is 2.91. The minimum Gasteiger partial charge on any atom is -0.477 e. The van der Waals surface area contributed by atoms with Crippen LogP contribution in [0.1, 0.15) is 47.6 Å². The summed E-state index contributed by atoms with van der Waals surface area (Å²) in [5, 5.41) is 18.9. The molecule has 1 aromatic carbocycles. The highest BCUT2D eigenvalue weighted by atomic mass is 19.1. The number of nitriles is 1. The molecule has 4 rings (SSSR count). The average molecular weight is 412 g/mol. The first-order chi connectivity index (χ1) is 14.3. The number of aromatic nitrogens is 1. The van der Waals surface area contributed by atoms with Crippen LogP contribution in [0.25, 0.3) is 10.9 Å². The molecule has 8 heteroatoms. The van der Waals surface area contributed by atoms with Crippen molar-refractivity contribution < 1.29 is 14.3 Å². The van der Waals surface area contributed by atoms with Crippen LogP contribution in [0.2, 0.25) is 0 Å². The van der Waals surface area contributed by atoms with Crippen molar-refractivity contribution >= 4 is 22.7 Å². The van der Waals surface area contributed by atoms with Gasteiger partial charge in [0.25, 0.3) is 0 Å². The minimum absolute atomic E-state index is 0.112. The number of carboxylic acid groups (broad SMARTS) is 1. The molecule has 0 spiro atoms. The molecule has 158 valence electrons. The number of rotatable bonds is 6. The van der Waals surface area contributed by atoms with Gasteiger partial charge in [-0.15, -0.1) is 0 Å². The second kappa shape index (κ2) is 7.73. The summed E-state index contributed by atoms with van der Waals surface area (Å²) in [7, 11) is 1.96. The van der Waals surface area contributed by atoms with Crippen molar-refractivity contribution in [3.05, 3.63) is 39.3 Å². The Hall–Kier alpha value is -2.92. The lowest BCUT2D eigenvalue weighted by Crippen LogP contribution is -2.37. The Kier molecular flexibility index (Phi) is 5.24. The Labute approximate surface area is 173 Å². The molecule has 1 saturated heterocycles. The number of aromatic carboxylic acids is 1. The van der Waals surface area contributed by atoms with E-state index < -0.39 is 17.2 Å². The molecule has 2 heterocycles. The zero-order valence-corrected chi connectivity index (χ0v) is 17.2. The molecule has 1 aromatic heterocycles. The number of aryl methyl sites for hydroxylation is 1. The molecule has 1 aliphatic carbocycles. The number of carbonyl (C=O) groups is 1. The van der Waals surface area contributed by atoms with Crippen LogP contribution >= 0.6 is 0 Å². The molecule has 0 amide bonds. The van der Waals surface area contributed by atoms with Crippen LogP contribution in [0.3, 0.4) is 0 Å². The fourth-order valence-electron chi connectivity index (χ4n) is 4.59. The zero-order valence-electron chi connectivity index (χ0n) is 17.2. The summed E-state index contributed by atoms with van der Waals surface area (Å²) in [5.74, 6) is -1.38. The Morgan fingerprint density at radius 1 is 1.37 bits per heavy atom. The first kappa shape index (κ1) is 20.4. The number of halogens is 1. The summed E-state index contributed by atoms with van der Waals surface area (Å²) in [4.78, 5) is 29.5. The second-order valence-electron chi connectivity index (χ2n) is 8.33. The van der Waals surface area contributed by atoms with Crippen LogP contribution in [-0.2, 0) is 0 Å². The van der Waals surface area contributed by atoms with Gasteiger partial charge in [0.2, 0.25) is 5.43 Å². The van der Waals surface area contributed by atoms with E-state index in [1.54, 1.807) is 6.92 Å². The van der Waals surface area contributed by atoms with Gasteiger partial charge in [0, 0.05) is 43.5 Å². The fourth-order valence-corrected chi connectivity index (χ4v) is 4.59. The summed E-state index contributed by atoms with van der Waals surface area (Å²) in [6, 6.07) is 4.99. The van der Waals surface area contributed by atoms with Crippen molar-refractivity contribution in [2.45, 2.75) is 44.7 Å². The molecule has 1 N–H and O–H groups in total. The predicted molar refractivity (Wildman–Crippen MR) is 112 cm³/mol. The lowest BCUT2D eigenvalue weighted by molar-refractivity contribution is 0.0695. The molecular weight excluding hydrogens is 387 g/mol. The van der Waals surface area contributed by atoms with Gasteiger partial charge in [-0.1, -0.05) is 0 Å². The SMILES string of the molecule is Cc1cc(F)cc2c(=O)c(C(=O)O)c(N3CCC(N(C)CCC#N)C3)n(C3CC3)c12. The van der Waals surface area contributed by atoms with Crippen LogP contribution in [-0.4, -0.2) is 53.3 Å². The molecule has 2 aromatic rings. The van der Waals surface area contributed by atoms with Crippen molar-refractivity contribution in [1.29, 1.82) is 5.26 Å². The summed E-state index contributed by atoms with van der Waals surface area (Å²) in [6.45, 7) is 3.61. The number of nitrogens with zero attached hydrogens (tertiary/aromatic N) is 4. The quantitative estimate of drug-likeness (QED) is 0.785. The topological polar surface area (TPSA) is 89.6 Å². The van der Waals surface area contributed by atoms with Gasteiger partial charge in [-0.25, -0.2) is 9.18 Å². The maximum Gasteiger partial charge on any atom is 0.343 e. The van der Waals surface area contributed by atoms with Gasteiger partial charge >= 0.3 is 5.97 Å². The van der Waals surface area contributed by atoms with Crippen molar-refractivity contribution in [3.8, 4) is 6.07 Å². The molecule has 2 fully saturated rings. The standard InChI is InChI=1S/C22H25FN4O3/c1-13-10-14(23)11-17-19(13)27(15-4-5-15)21(18(20(17)28)22(29)30)26-9-6-16(12-26)25(2)8-3-7-24/h10-11,15-16H,3-6,8-9,12H2,1-2H3,(H,29,30). The monoisotopic (exact) mass is 412 g/mol. The van der Waals surface area contributed by atoms with E-state index in [1.807, 2.05) is 16.5 Å². The van der Waals surface area contributed by atoms with E-state index in [0.717, 1.165) is 25.3 Å². The number of anilines is 1. The average Bonchev–Trinajstić information content (AvgIpc) is 3.41. The van der Waals surface area contributed by atoms with Gasteiger partial charge in [0.15, 0.2) is 0 Å². The lowest BCUT2D eigenvalue weighted by atomic mass is 10.1. The van der Waals surface area contributed by atoms with Crippen LogP contribution in [0, 0.1) is 24.1 Å². The minimum atomic E-state index is -1.28. The molecule has 1 atom stereocenters. The molecule has 2 aliphatic rings. The van der Waals surface area contributed by atoms with Gasteiger partial charge in [-0.3, -0.25) is 4.79 Å². The summed E-state index contributed by atoms with van der Waals surface area (Å²) >= 11 is 0. The number of fused-ring (bicyclic) bond motifs is 1. The van der Waals surface area contributed by atoms with Gasteiger partial charge in [-0.2, -0.15) is 5.26 Å². The summed E-state index contributed by atoms with van der Waals surface area (Å²) in [6.07, 6.45) is 3.06. The van der Waals surface area contributed by atoms with E-state index in [1.165, 1.54) is 6.07 Å². The third-order valence-corrected chi connectivity index (χ3v) is 6.22. The van der Waals surface area contributed by atoms with Gasteiger partial charge < -0.3 is 19.5 Å². The number of likely N-dealkylation sites (N-methyl/N-ethyl adjacent to an activating group) is 1. The van der Waals surface area contributed by atoms with Crippen LogP contribution < -0.4 is 10.3 Å². The second-order valence-corrected chi connectivity index (χ2v) is 8.33. The maximum absolute atomic E-state index is 14.1. The molecule has 0 bridgehead atoms. The summed E-state index contributed by atoms with van der Waals surface area (Å²) < 4.78 is 16.0. The van der Waals surface area contributed by atoms with E-state index in [2.05, 4.69) is 11.0 Å². The highest BCUT2D eigenvalue weighted by Gasteiger charge is 2.37. The van der Waals surface area contributed by atoms with Gasteiger partial charge in [0.1, 0.15) is 17.2 Å². The van der Waals surface area contributed by atoms with E-state index in [-0.39, 0.29) is 23.0 Å². The van der Waals surface area contributed by atoms with Crippen molar-refractivity contribution in [2.24, 2.45) is 0 Å². The van der Waals surface area contributed by atoms with Crippen molar-refractivity contribution in [2.75, 3.05) is 31.6 Å². The summed E-state index contributed by atoms with van der Waals surface area (Å²) in [5.41, 5.74) is 0.354. The van der Waals surface area contributed by atoms with Crippen LogP contribution in [0.4, 0.5) is 10.2 Å². The molecule has 1 aliphatic heterocycles. The number of benzene rings is 1. The van der Waals surface area contributed by atoms with Gasteiger partial charge in [-0.05, 0) is 50.9 Å². The molecule has 0 radical (unpaired) electrons. The Bertz CT molecular complexity index is 1120. The van der Waals surface area contributed by atoms with E-state index in [9.17, 15) is 19.1 Å². The van der Waals surface area contributed by atoms with Crippen molar-refractivity contribution in [3.63, 3.8) is 0 Å². The number of hydrogen-bond acceptors (Lipinski definition) is 5. The van der Waals surface area contributed by atoms with Gasteiger partial charge in [0.05, 0.1) is 11.6 Å². The smallest absolute Gasteiger partial charge is 0.343 e. The Morgan fingerprint density at radius 2 is 2.10 bits per heavy atom.